The summed E-state index contributed by atoms with van der Waals surface area (Å²) in [6, 6.07) is 20.2. The van der Waals surface area contributed by atoms with Gasteiger partial charge in [0.2, 0.25) is 0 Å². The Morgan fingerprint density at radius 1 is 0.920 bits per heavy atom. The average molecular weight is 349 g/mol. The average Bonchev–Trinajstić information content (AvgIpc) is 2.89. The van der Waals surface area contributed by atoms with Gasteiger partial charge in [-0.25, -0.2) is 8.42 Å². The fraction of sp³-hybridized carbons (Fsp3) is 0.143. The number of benzene rings is 3. The summed E-state index contributed by atoms with van der Waals surface area (Å²) in [5.74, 6) is 0. The third-order valence-electron chi connectivity index (χ3n) is 4.71. The lowest BCUT2D eigenvalue weighted by Gasteiger charge is -2.05. The number of hydrogen-bond donors (Lipinski definition) is 1. The molecule has 25 heavy (non-hydrogen) atoms. The summed E-state index contributed by atoms with van der Waals surface area (Å²) in [6.45, 7) is 2.04. The van der Waals surface area contributed by atoms with Gasteiger partial charge in [0.05, 0.1) is 4.90 Å². The predicted molar refractivity (Wildman–Crippen MR) is 103 cm³/mol. The van der Waals surface area contributed by atoms with Crippen molar-refractivity contribution in [1.29, 1.82) is 0 Å². The van der Waals surface area contributed by atoms with Crippen molar-refractivity contribution in [2.75, 3.05) is 6.26 Å². The van der Waals surface area contributed by atoms with E-state index in [4.69, 9.17) is 0 Å². The molecule has 0 atom stereocenters. The van der Waals surface area contributed by atoms with Crippen LogP contribution >= 0.6 is 0 Å². The van der Waals surface area contributed by atoms with E-state index in [1.807, 2.05) is 19.1 Å². The summed E-state index contributed by atoms with van der Waals surface area (Å²) in [5, 5.41) is 3.55. The molecule has 1 N–H and O–H groups in total. The Morgan fingerprint density at radius 2 is 1.68 bits per heavy atom. The zero-order chi connectivity index (χ0) is 17.6. The van der Waals surface area contributed by atoms with Crippen LogP contribution in [-0.4, -0.2) is 19.7 Å². The lowest BCUT2D eigenvalue weighted by Crippen LogP contribution is -1.96. The zero-order valence-electron chi connectivity index (χ0n) is 14.2. The lowest BCUT2D eigenvalue weighted by molar-refractivity contribution is 0.602. The van der Waals surface area contributed by atoms with Crippen LogP contribution in [-0.2, 0) is 16.3 Å². The molecule has 1 heterocycles. The van der Waals surface area contributed by atoms with Gasteiger partial charge in [-0.2, -0.15) is 0 Å². The number of aromatic amines is 1. The van der Waals surface area contributed by atoms with Crippen molar-refractivity contribution >= 4 is 31.5 Å². The number of aryl methyl sites for hydroxylation is 1. The number of nitrogens with one attached hydrogen (secondary N) is 1. The van der Waals surface area contributed by atoms with Gasteiger partial charge in [0.1, 0.15) is 0 Å². The topological polar surface area (TPSA) is 49.9 Å². The fourth-order valence-electron chi connectivity index (χ4n) is 3.38. The van der Waals surface area contributed by atoms with Crippen LogP contribution in [0.4, 0.5) is 0 Å². The standard InChI is InChI=1S/C21H19NO2S/c1-14-20(12-15-7-8-16-5-3-4-6-17(16)11-15)19-10-9-18(25(2,23)24)13-21(19)22-14/h3-11,13,22H,12H2,1-2H3. The predicted octanol–water partition coefficient (Wildman–Crippen LogP) is 4.62. The Hall–Kier alpha value is -2.59. The van der Waals surface area contributed by atoms with E-state index in [2.05, 4.69) is 41.4 Å². The first kappa shape index (κ1) is 15.9. The molecule has 0 aliphatic rings. The van der Waals surface area contributed by atoms with Gasteiger partial charge in [0, 0.05) is 22.9 Å². The van der Waals surface area contributed by atoms with Crippen molar-refractivity contribution in [2.24, 2.45) is 0 Å². The maximum absolute atomic E-state index is 11.8. The van der Waals surface area contributed by atoms with Gasteiger partial charge in [0.15, 0.2) is 9.84 Å². The van der Waals surface area contributed by atoms with E-state index in [0.29, 0.717) is 4.90 Å². The Labute approximate surface area is 147 Å². The van der Waals surface area contributed by atoms with Crippen molar-refractivity contribution in [3.8, 4) is 0 Å². The van der Waals surface area contributed by atoms with E-state index in [0.717, 1.165) is 23.0 Å². The van der Waals surface area contributed by atoms with E-state index >= 15 is 0 Å². The molecule has 0 fully saturated rings. The molecular weight excluding hydrogens is 330 g/mol. The minimum atomic E-state index is -3.20. The number of fused-ring (bicyclic) bond motifs is 2. The minimum absolute atomic E-state index is 0.346. The molecule has 1 aromatic heterocycles. The SMILES string of the molecule is Cc1[nH]c2cc(S(C)(=O)=O)ccc2c1Cc1ccc2ccccc2c1. The van der Waals surface area contributed by atoms with E-state index in [1.165, 1.54) is 28.2 Å². The molecule has 0 aliphatic carbocycles. The van der Waals surface area contributed by atoms with Crippen LogP contribution in [0, 0.1) is 6.92 Å². The van der Waals surface area contributed by atoms with Gasteiger partial charge < -0.3 is 4.98 Å². The molecule has 4 rings (SSSR count). The van der Waals surface area contributed by atoms with Crippen LogP contribution in [0.25, 0.3) is 21.7 Å². The van der Waals surface area contributed by atoms with E-state index in [9.17, 15) is 8.42 Å². The summed E-state index contributed by atoms with van der Waals surface area (Å²) in [5.41, 5.74) is 4.41. The zero-order valence-corrected chi connectivity index (χ0v) is 15.0. The minimum Gasteiger partial charge on any atom is -0.358 e. The van der Waals surface area contributed by atoms with Crippen LogP contribution in [0.1, 0.15) is 16.8 Å². The number of H-pyrrole nitrogens is 1. The maximum Gasteiger partial charge on any atom is 0.175 e. The third kappa shape index (κ3) is 2.94. The second-order valence-corrected chi connectivity index (χ2v) is 8.58. The highest BCUT2D eigenvalue weighted by molar-refractivity contribution is 7.90. The van der Waals surface area contributed by atoms with Gasteiger partial charge in [0.25, 0.3) is 0 Å². The van der Waals surface area contributed by atoms with Gasteiger partial charge in [-0.15, -0.1) is 0 Å². The quantitative estimate of drug-likeness (QED) is 0.586. The second kappa shape index (κ2) is 5.74. The normalized spacial score (nSPS) is 12.1. The summed E-state index contributed by atoms with van der Waals surface area (Å²) in [7, 11) is -3.20. The molecule has 3 nitrogen and oxygen atoms in total. The first-order valence-electron chi connectivity index (χ1n) is 8.21. The molecular formula is C21H19NO2S. The molecule has 0 saturated heterocycles. The largest absolute Gasteiger partial charge is 0.358 e. The number of rotatable bonds is 3. The van der Waals surface area contributed by atoms with Gasteiger partial charge in [-0.05, 0) is 47.4 Å². The van der Waals surface area contributed by atoms with Crippen LogP contribution in [0.5, 0.6) is 0 Å². The summed E-state index contributed by atoms with van der Waals surface area (Å²) in [4.78, 5) is 3.68. The molecule has 126 valence electrons. The molecule has 0 aliphatic heterocycles. The second-order valence-electron chi connectivity index (χ2n) is 6.57. The number of aromatic nitrogens is 1. The van der Waals surface area contributed by atoms with Crippen molar-refractivity contribution in [3.05, 3.63) is 77.5 Å². The Bertz CT molecular complexity index is 1200. The smallest absolute Gasteiger partial charge is 0.175 e. The van der Waals surface area contributed by atoms with Crippen LogP contribution < -0.4 is 0 Å². The maximum atomic E-state index is 11.8. The highest BCUT2D eigenvalue weighted by atomic mass is 32.2. The van der Waals surface area contributed by atoms with Crippen molar-refractivity contribution in [3.63, 3.8) is 0 Å². The molecule has 3 aromatic carbocycles. The third-order valence-corrected chi connectivity index (χ3v) is 5.82. The summed E-state index contributed by atoms with van der Waals surface area (Å²) >= 11 is 0. The van der Waals surface area contributed by atoms with Gasteiger partial charge in [-0.3, -0.25) is 0 Å². The molecule has 0 saturated carbocycles. The summed E-state index contributed by atoms with van der Waals surface area (Å²) < 4.78 is 23.5. The Balaban J connectivity index is 1.79. The van der Waals surface area contributed by atoms with Gasteiger partial charge >= 0.3 is 0 Å². The van der Waals surface area contributed by atoms with Crippen molar-refractivity contribution in [1.82, 2.24) is 4.98 Å². The molecule has 4 heteroatoms. The van der Waals surface area contributed by atoms with Crippen LogP contribution in [0.15, 0.2) is 65.6 Å². The molecule has 4 aromatic rings. The van der Waals surface area contributed by atoms with Crippen LogP contribution in [0.2, 0.25) is 0 Å². The van der Waals surface area contributed by atoms with Crippen molar-refractivity contribution < 1.29 is 8.42 Å². The van der Waals surface area contributed by atoms with Crippen molar-refractivity contribution in [2.45, 2.75) is 18.2 Å². The number of hydrogen-bond acceptors (Lipinski definition) is 2. The first-order valence-corrected chi connectivity index (χ1v) is 10.1. The number of sulfone groups is 1. The Morgan fingerprint density at radius 3 is 2.44 bits per heavy atom. The fourth-order valence-corrected chi connectivity index (χ4v) is 4.03. The monoisotopic (exact) mass is 349 g/mol. The van der Waals surface area contributed by atoms with E-state index in [1.54, 1.807) is 12.1 Å². The highest BCUT2D eigenvalue weighted by Gasteiger charge is 2.13. The highest BCUT2D eigenvalue weighted by Crippen LogP contribution is 2.28. The van der Waals surface area contributed by atoms with E-state index < -0.39 is 9.84 Å². The Kier molecular flexibility index (Phi) is 3.65. The first-order chi connectivity index (χ1) is 11.9. The van der Waals surface area contributed by atoms with Crippen LogP contribution in [0.3, 0.4) is 0 Å². The lowest BCUT2D eigenvalue weighted by atomic mass is 9.99. The van der Waals surface area contributed by atoms with E-state index in [-0.39, 0.29) is 0 Å². The molecule has 0 spiro atoms. The molecule has 0 radical (unpaired) electrons. The molecule has 0 amide bonds. The molecule has 0 unspecified atom stereocenters. The summed E-state index contributed by atoms with van der Waals surface area (Å²) in [6.07, 6.45) is 2.05. The molecule has 0 bridgehead atoms. The van der Waals surface area contributed by atoms with Gasteiger partial charge in [-0.1, -0.05) is 48.5 Å².